The molecule has 2 rings (SSSR count). The molecule has 0 saturated carbocycles. The van der Waals surface area contributed by atoms with E-state index in [1.54, 1.807) is 22.7 Å². The quantitative estimate of drug-likeness (QED) is 0.737. The van der Waals surface area contributed by atoms with Gasteiger partial charge in [0, 0.05) is 14.2 Å². The summed E-state index contributed by atoms with van der Waals surface area (Å²) < 4.78 is 2.29. The second kappa shape index (κ2) is 5.97. The van der Waals surface area contributed by atoms with Gasteiger partial charge in [-0.2, -0.15) is 0 Å². The highest BCUT2D eigenvalue weighted by molar-refractivity contribution is 9.13. The molecule has 0 amide bonds. The second-order valence-corrected chi connectivity index (χ2v) is 8.12. The largest absolute Gasteiger partial charge is 0.306 e. The zero-order chi connectivity index (χ0) is 12.4. The van der Waals surface area contributed by atoms with Crippen molar-refractivity contribution in [3.05, 3.63) is 41.1 Å². The second-order valence-electron chi connectivity index (χ2n) is 3.75. The molecule has 2 aromatic rings. The van der Waals surface area contributed by atoms with Crippen LogP contribution in [-0.2, 0) is 0 Å². The Bertz CT molecular complexity index is 485. The van der Waals surface area contributed by atoms with Gasteiger partial charge in [0.25, 0.3) is 0 Å². The molecule has 92 valence electrons. The van der Waals surface area contributed by atoms with Gasteiger partial charge in [-0.25, -0.2) is 0 Å². The molecule has 0 aliphatic carbocycles. The summed E-state index contributed by atoms with van der Waals surface area (Å²) in [7, 11) is 0. The van der Waals surface area contributed by atoms with Gasteiger partial charge >= 0.3 is 0 Å². The molecular weight excluding hydrogens is 382 g/mol. The number of thiophene rings is 2. The molecule has 0 fully saturated rings. The summed E-state index contributed by atoms with van der Waals surface area (Å²) in [4.78, 5) is 2.70. The van der Waals surface area contributed by atoms with E-state index in [2.05, 4.69) is 68.5 Å². The molecule has 1 unspecified atom stereocenters. The van der Waals surface area contributed by atoms with Crippen LogP contribution in [0.2, 0.25) is 0 Å². The van der Waals surface area contributed by atoms with Crippen LogP contribution >= 0.6 is 54.5 Å². The molecule has 2 aromatic heterocycles. The SMILES string of the molecule is CCNC(c1csc(C)c1)c1cc(Br)c(Br)s1. The summed E-state index contributed by atoms with van der Waals surface area (Å²) >= 11 is 10.7. The highest BCUT2D eigenvalue weighted by atomic mass is 79.9. The maximum atomic E-state index is 3.56. The van der Waals surface area contributed by atoms with Crippen molar-refractivity contribution in [2.45, 2.75) is 19.9 Å². The van der Waals surface area contributed by atoms with Crippen LogP contribution in [0.4, 0.5) is 0 Å². The van der Waals surface area contributed by atoms with Gasteiger partial charge in [-0.3, -0.25) is 0 Å². The Hall–Kier alpha value is 0.320. The van der Waals surface area contributed by atoms with E-state index < -0.39 is 0 Å². The summed E-state index contributed by atoms with van der Waals surface area (Å²) in [6.07, 6.45) is 0. The van der Waals surface area contributed by atoms with E-state index in [0.29, 0.717) is 6.04 Å². The molecule has 1 atom stereocenters. The highest BCUT2D eigenvalue weighted by Crippen LogP contribution is 2.38. The van der Waals surface area contributed by atoms with Crippen LogP contribution in [0.25, 0.3) is 0 Å². The first-order valence-corrected chi connectivity index (χ1v) is 8.63. The lowest BCUT2D eigenvalue weighted by atomic mass is 10.1. The van der Waals surface area contributed by atoms with E-state index in [4.69, 9.17) is 0 Å². The zero-order valence-electron chi connectivity index (χ0n) is 9.59. The number of nitrogens with one attached hydrogen (secondary N) is 1. The first kappa shape index (κ1) is 13.7. The number of rotatable bonds is 4. The topological polar surface area (TPSA) is 12.0 Å². The Labute approximate surface area is 127 Å². The Morgan fingerprint density at radius 2 is 2.12 bits per heavy atom. The van der Waals surface area contributed by atoms with Gasteiger partial charge in [0.05, 0.1) is 9.83 Å². The fourth-order valence-electron chi connectivity index (χ4n) is 1.71. The van der Waals surface area contributed by atoms with Crippen molar-refractivity contribution >= 4 is 54.5 Å². The molecule has 0 bridgehead atoms. The van der Waals surface area contributed by atoms with Crippen molar-refractivity contribution in [1.29, 1.82) is 0 Å². The van der Waals surface area contributed by atoms with Crippen LogP contribution < -0.4 is 5.32 Å². The van der Waals surface area contributed by atoms with E-state index in [0.717, 1.165) is 14.8 Å². The minimum atomic E-state index is 0.303. The molecule has 1 N–H and O–H groups in total. The highest BCUT2D eigenvalue weighted by Gasteiger charge is 2.17. The van der Waals surface area contributed by atoms with Crippen molar-refractivity contribution in [2.75, 3.05) is 6.54 Å². The molecule has 0 saturated heterocycles. The van der Waals surface area contributed by atoms with Gasteiger partial charge in [-0.1, -0.05) is 6.92 Å². The molecule has 0 aromatic carbocycles. The van der Waals surface area contributed by atoms with Gasteiger partial charge in [0.2, 0.25) is 0 Å². The van der Waals surface area contributed by atoms with Crippen LogP contribution in [-0.4, -0.2) is 6.54 Å². The van der Waals surface area contributed by atoms with Gasteiger partial charge < -0.3 is 5.32 Å². The fraction of sp³-hybridized carbons (Fsp3) is 0.333. The standard InChI is InChI=1S/C12H13Br2NS2/c1-3-15-11(8-4-7(2)16-6-8)10-5-9(13)12(14)17-10/h4-6,11,15H,3H2,1-2H3. The van der Waals surface area contributed by atoms with E-state index in [-0.39, 0.29) is 0 Å². The Morgan fingerprint density at radius 1 is 1.35 bits per heavy atom. The predicted molar refractivity (Wildman–Crippen MR) is 84.3 cm³/mol. The van der Waals surface area contributed by atoms with Gasteiger partial charge in [0.15, 0.2) is 0 Å². The summed E-state index contributed by atoms with van der Waals surface area (Å²) in [6, 6.07) is 4.76. The van der Waals surface area contributed by atoms with E-state index >= 15 is 0 Å². The molecule has 1 nitrogen and oxygen atoms in total. The zero-order valence-corrected chi connectivity index (χ0v) is 14.4. The fourth-order valence-corrected chi connectivity index (χ4v) is 4.63. The van der Waals surface area contributed by atoms with Crippen LogP contribution in [0.15, 0.2) is 25.8 Å². The predicted octanol–water partition coefficient (Wildman–Crippen LogP) is 5.34. The molecule has 17 heavy (non-hydrogen) atoms. The molecular formula is C12H13Br2NS2. The lowest BCUT2D eigenvalue weighted by Gasteiger charge is -2.14. The van der Waals surface area contributed by atoms with Crippen LogP contribution in [0.3, 0.4) is 0 Å². The minimum absolute atomic E-state index is 0.303. The van der Waals surface area contributed by atoms with Crippen LogP contribution in [0.5, 0.6) is 0 Å². The normalized spacial score (nSPS) is 12.9. The third kappa shape index (κ3) is 3.20. The summed E-state index contributed by atoms with van der Waals surface area (Å²) in [6.45, 7) is 5.26. The number of halogens is 2. The Morgan fingerprint density at radius 3 is 2.59 bits per heavy atom. The van der Waals surface area contributed by atoms with Crippen molar-refractivity contribution in [1.82, 2.24) is 5.32 Å². The molecule has 2 heterocycles. The first-order chi connectivity index (χ1) is 8.11. The van der Waals surface area contributed by atoms with Gasteiger partial charge in [-0.15, -0.1) is 22.7 Å². The molecule has 5 heteroatoms. The average molecular weight is 395 g/mol. The molecule has 0 aliphatic heterocycles. The number of aryl methyl sites for hydroxylation is 1. The first-order valence-electron chi connectivity index (χ1n) is 5.35. The van der Waals surface area contributed by atoms with Crippen molar-refractivity contribution < 1.29 is 0 Å². The summed E-state index contributed by atoms with van der Waals surface area (Å²) in [5, 5.41) is 5.78. The van der Waals surface area contributed by atoms with Crippen molar-refractivity contribution in [2.24, 2.45) is 0 Å². The van der Waals surface area contributed by atoms with Crippen molar-refractivity contribution in [3.63, 3.8) is 0 Å². The monoisotopic (exact) mass is 393 g/mol. The van der Waals surface area contributed by atoms with Gasteiger partial charge in [0.1, 0.15) is 0 Å². The van der Waals surface area contributed by atoms with E-state index in [1.165, 1.54) is 15.3 Å². The summed E-state index contributed by atoms with van der Waals surface area (Å²) in [5.41, 5.74) is 1.36. The third-order valence-corrected chi connectivity index (χ3v) is 6.64. The Kier molecular flexibility index (Phi) is 4.83. The van der Waals surface area contributed by atoms with Crippen LogP contribution in [0, 0.1) is 6.92 Å². The molecule has 0 radical (unpaired) electrons. The maximum absolute atomic E-state index is 3.56. The van der Waals surface area contributed by atoms with E-state index in [1.807, 2.05) is 0 Å². The van der Waals surface area contributed by atoms with E-state index in [9.17, 15) is 0 Å². The Balaban J connectivity index is 2.34. The van der Waals surface area contributed by atoms with Crippen molar-refractivity contribution in [3.8, 4) is 0 Å². The maximum Gasteiger partial charge on any atom is 0.0843 e. The molecule has 0 aliphatic rings. The third-order valence-electron chi connectivity index (χ3n) is 2.44. The lowest BCUT2D eigenvalue weighted by Crippen LogP contribution is -2.20. The number of hydrogen-bond donors (Lipinski definition) is 1. The summed E-state index contributed by atoms with van der Waals surface area (Å²) in [5.74, 6) is 0. The number of hydrogen-bond acceptors (Lipinski definition) is 3. The molecule has 0 spiro atoms. The lowest BCUT2D eigenvalue weighted by molar-refractivity contribution is 0.641. The van der Waals surface area contributed by atoms with Gasteiger partial charge in [-0.05, 0) is 68.4 Å². The van der Waals surface area contributed by atoms with Crippen LogP contribution in [0.1, 0.15) is 28.3 Å². The minimum Gasteiger partial charge on any atom is -0.306 e. The average Bonchev–Trinajstić information content (AvgIpc) is 2.83. The smallest absolute Gasteiger partial charge is 0.0843 e.